The van der Waals surface area contributed by atoms with Gasteiger partial charge in [-0.2, -0.15) is 0 Å². The summed E-state index contributed by atoms with van der Waals surface area (Å²) in [5.41, 5.74) is 4.76. The van der Waals surface area contributed by atoms with E-state index in [1.54, 1.807) is 0 Å². The molecule has 2 atom stereocenters. The molecule has 0 saturated heterocycles. The van der Waals surface area contributed by atoms with Gasteiger partial charge in [0.2, 0.25) is 0 Å². The van der Waals surface area contributed by atoms with E-state index in [4.69, 9.17) is 4.99 Å². The summed E-state index contributed by atoms with van der Waals surface area (Å²) >= 11 is 0. The van der Waals surface area contributed by atoms with Crippen molar-refractivity contribution in [2.45, 2.75) is 12.1 Å². The molecule has 4 aromatic carbocycles. The summed E-state index contributed by atoms with van der Waals surface area (Å²) in [6, 6.07) is 39.6. The highest BCUT2D eigenvalue weighted by Crippen LogP contribution is 2.33. The van der Waals surface area contributed by atoms with Gasteiger partial charge in [-0.05, 0) is 11.1 Å². The lowest BCUT2D eigenvalue weighted by Crippen LogP contribution is -2.13. The molecule has 0 unspecified atom stereocenters. The number of hydrogen-bond donors (Lipinski definition) is 1. The van der Waals surface area contributed by atoms with Gasteiger partial charge in [0, 0.05) is 11.1 Å². The SMILES string of the molecule is O[C@H](c1ccccc1)[C@H](N=C(c1ccccc1)c1ccccc1)c1ccccc1. The molecule has 1 N–H and O–H groups in total. The fourth-order valence-electron chi connectivity index (χ4n) is 3.46. The predicted molar refractivity (Wildman–Crippen MR) is 119 cm³/mol. The Hall–Kier alpha value is -3.49. The highest BCUT2D eigenvalue weighted by molar-refractivity contribution is 6.13. The van der Waals surface area contributed by atoms with Crippen molar-refractivity contribution in [3.63, 3.8) is 0 Å². The van der Waals surface area contributed by atoms with Crippen molar-refractivity contribution in [1.29, 1.82) is 0 Å². The molecule has 0 radical (unpaired) electrons. The quantitative estimate of drug-likeness (QED) is 0.411. The first kappa shape index (κ1) is 18.9. The van der Waals surface area contributed by atoms with E-state index >= 15 is 0 Å². The summed E-state index contributed by atoms with van der Waals surface area (Å²) in [6.07, 6.45) is -0.749. The van der Waals surface area contributed by atoms with Crippen LogP contribution in [0.3, 0.4) is 0 Å². The molecule has 142 valence electrons. The van der Waals surface area contributed by atoms with Gasteiger partial charge in [0.25, 0.3) is 0 Å². The van der Waals surface area contributed by atoms with Crippen LogP contribution < -0.4 is 0 Å². The molecule has 0 fully saturated rings. The molecule has 0 spiro atoms. The smallest absolute Gasteiger partial charge is 0.106 e. The van der Waals surface area contributed by atoms with Gasteiger partial charge in [-0.25, -0.2) is 0 Å². The number of hydrogen-bond acceptors (Lipinski definition) is 2. The molecule has 0 bridgehead atoms. The number of aliphatic hydroxyl groups excluding tert-OH is 1. The number of benzene rings is 4. The Balaban J connectivity index is 1.86. The van der Waals surface area contributed by atoms with Crippen LogP contribution in [0.2, 0.25) is 0 Å². The lowest BCUT2D eigenvalue weighted by atomic mass is 9.95. The summed E-state index contributed by atoms with van der Waals surface area (Å²) in [5, 5.41) is 11.3. The first-order valence-electron chi connectivity index (χ1n) is 9.79. The lowest BCUT2D eigenvalue weighted by molar-refractivity contribution is 0.148. The summed E-state index contributed by atoms with van der Waals surface area (Å²) in [6.45, 7) is 0. The molecule has 0 amide bonds. The molecule has 0 aliphatic carbocycles. The Morgan fingerprint density at radius 3 is 1.34 bits per heavy atom. The van der Waals surface area contributed by atoms with Crippen LogP contribution in [0, 0.1) is 0 Å². The van der Waals surface area contributed by atoms with Crippen LogP contribution >= 0.6 is 0 Å². The maximum atomic E-state index is 11.3. The van der Waals surface area contributed by atoms with Crippen molar-refractivity contribution >= 4 is 5.71 Å². The van der Waals surface area contributed by atoms with Crippen molar-refractivity contribution in [1.82, 2.24) is 0 Å². The lowest BCUT2D eigenvalue weighted by Gasteiger charge is -2.22. The van der Waals surface area contributed by atoms with E-state index in [0.29, 0.717) is 0 Å². The third-order valence-corrected chi connectivity index (χ3v) is 4.94. The van der Waals surface area contributed by atoms with Crippen LogP contribution in [0.5, 0.6) is 0 Å². The molecular formula is C27H23NO. The van der Waals surface area contributed by atoms with Gasteiger partial charge in [-0.15, -0.1) is 0 Å². The van der Waals surface area contributed by atoms with E-state index < -0.39 is 12.1 Å². The van der Waals surface area contributed by atoms with E-state index in [-0.39, 0.29) is 0 Å². The van der Waals surface area contributed by atoms with E-state index in [9.17, 15) is 5.11 Å². The fraction of sp³-hybridized carbons (Fsp3) is 0.0741. The zero-order valence-electron chi connectivity index (χ0n) is 16.1. The largest absolute Gasteiger partial charge is 0.386 e. The van der Waals surface area contributed by atoms with Crippen LogP contribution in [-0.2, 0) is 0 Å². The van der Waals surface area contributed by atoms with E-state index in [1.165, 1.54) is 0 Å². The zero-order chi connectivity index (χ0) is 19.9. The molecule has 2 nitrogen and oxygen atoms in total. The Bertz CT molecular complexity index is 1000. The maximum absolute atomic E-state index is 11.3. The van der Waals surface area contributed by atoms with Crippen molar-refractivity contribution in [3.8, 4) is 0 Å². The van der Waals surface area contributed by atoms with Crippen LogP contribution in [0.25, 0.3) is 0 Å². The van der Waals surface area contributed by atoms with E-state index in [1.807, 2.05) is 97.1 Å². The maximum Gasteiger partial charge on any atom is 0.106 e. The van der Waals surface area contributed by atoms with Crippen molar-refractivity contribution < 1.29 is 5.11 Å². The normalized spacial score (nSPS) is 12.7. The summed E-state index contributed by atoms with van der Waals surface area (Å²) in [5.74, 6) is 0. The summed E-state index contributed by atoms with van der Waals surface area (Å²) in [7, 11) is 0. The number of aliphatic hydroxyl groups is 1. The van der Waals surface area contributed by atoms with Gasteiger partial charge in [0.15, 0.2) is 0 Å². The second-order valence-electron chi connectivity index (χ2n) is 6.92. The average molecular weight is 377 g/mol. The minimum atomic E-state index is -0.749. The Kier molecular flexibility index (Phi) is 5.94. The van der Waals surface area contributed by atoms with Gasteiger partial charge < -0.3 is 5.11 Å². The van der Waals surface area contributed by atoms with Gasteiger partial charge in [0.05, 0.1) is 5.71 Å². The molecule has 2 heteroatoms. The summed E-state index contributed by atoms with van der Waals surface area (Å²) in [4.78, 5) is 5.13. The average Bonchev–Trinajstić information content (AvgIpc) is 2.82. The minimum Gasteiger partial charge on any atom is -0.386 e. The molecule has 29 heavy (non-hydrogen) atoms. The third kappa shape index (κ3) is 4.50. The molecular weight excluding hydrogens is 354 g/mol. The van der Waals surface area contributed by atoms with Gasteiger partial charge >= 0.3 is 0 Å². The van der Waals surface area contributed by atoms with Crippen LogP contribution in [0.15, 0.2) is 126 Å². The number of rotatable bonds is 6. The second-order valence-corrected chi connectivity index (χ2v) is 6.92. The Labute approximate surface area is 171 Å². The topological polar surface area (TPSA) is 32.6 Å². The van der Waals surface area contributed by atoms with Gasteiger partial charge in [-0.3, -0.25) is 4.99 Å². The Morgan fingerprint density at radius 1 is 0.517 bits per heavy atom. The molecule has 0 saturated carbocycles. The first-order valence-corrected chi connectivity index (χ1v) is 9.79. The number of aliphatic imine (C=N–C) groups is 1. The molecule has 0 heterocycles. The van der Waals surface area contributed by atoms with Crippen molar-refractivity contribution in [2.24, 2.45) is 4.99 Å². The predicted octanol–water partition coefficient (Wildman–Crippen LogP) is 6.00. The highest BCUT2D eigenvalue weighted by atomic mass is 16.3. The van der Waals surface area contributed by atoms with Gasteiger partial charge in [-0.1, -0.05) is 121 Å². The zero-order valence-corrected chi connectivity index (χ0v) is 16.1. The monoisotopic (exact) mass is 377 g/mol. The molecule has 0 aliphatic rings. The standard InChI is InChI=1S/C27H23NO/c29-27(24-19-11-4-12-20-24)26(23-17-9-3-10-18-23)28-25(21-13-5-1-6-14-21)22-15-7-2-8-16-22/h1-20,26-27,29H/t26-,27-/m1/s1. The van der Waals surface area contributed by atoms with Crippen LogP contribution in [0.1, 0.15) is 34.4 Å². The molecule has 4 aromatic rings. The third-order valence-electron chi connectivity index (χ3n) is 4.94. The second kappa shape index (κ2) is 9.13. The minimum absolute atomic E-state index is 0.422. The first-order chi connectivity index (χ1) is 14.3. The molecule has 0 aliphatic heterocycles. The van der Waals surface area contributed by atoms with E-state index in [0.717, 1.165) is 28.0 Å². The Morgan fingerprint density at radius 2 is 0.897 bits per heavy atom. The molecule has 4 rings (SSSR count). The van der Waals surface area contributed by atoms with Crippen LogP contribution in [0.4, 0.5) is 0 Å². The van der Waals surface area contributed by atoms with Crippen molar-refractivity contribution in [3.05, 3.63) is 144 Å². The van der Waals surface area contributed by atoms with Crippen LogP contribution in [-0.4, -0.2) is 10.8 Å². The highest BCUT2D eigenvalue weighted by Gasteiger charge is 2.23. The number of nitrogens with zero attached hydrogens (tertiary/aromatic N) is 1. The summed E-state index contributed by atoms with van der Waals surface area (Å²) < 4.78 is 0. The van der Waals surface area contributed by atoms with E-state index in [2.05, 4.69) is 24.3 Å². The molecule has 0 aromatic heterocycles. The fourth-order valence-corrected chi connectivity index (χ4v) is 3.46. The van der Waals surface area contributed by atoms with Gasteiger partial charge in [0.1, 0.15) is 12.1 Å². The van der Waals surface area contributed by atoms with Crippen molar-refractivity contribution in [2.75, 3.05) is 0 Å².